The number of benzene rings is 10. The van der Waals surface area contributed by atoms with E-state index in [1.807, 2.05) is 0 Å². The average molecular weight is 1330 g/mol. The summed E-state index contributed by atoms with van der Waals surface area (Å²) in [4.78, 5) is 0. The lowest BCUT2D eigenvalue weighted by Gasteiger charge is -2.25. The Bertz CT molecular complexity index is 4180. The minimum absolute atomic E-state index is 0.0812. The Morgan fingerprint density at radius 3 is 0.304 bits per heavy atom. The molecule has 0 heteroatoms. The SMILES string of the molecule is CC(C)(C)c1cc(/C=C/c2ccc(/C=C/c3ccc(/C=C/c4cc(/C=C/c5ccc(/C=C/c6ccc(/C=C/c7cc(C(C)(C)C)cc(C(C)(C)C)c7)cc6)cc5)cc(/C=C/c5ccc(/C=C/c6ccc(/C=C/c7cc(C(C)(C)C)cc(C(C)(C)C)c7)cc6)cc5)c4)cc3)cc2)cc(C(C)(C)C)c1. The molecule has 0 bridgehead atoms. The van der Waals surface area contributed by atoms with Crippen molar-refractivity contribution in [3.8, 4) is 0 Å². The molecule has 0 radical (unpaired) electrons. The van der Waals surface area contributed by atoms with Gasteiger partial charge in [-0.1, -0.05) is 434 Å². The Hall–Kier alpha value is -10.1. The third kappa shape index (κ3) is 22.2. The molecule has 0 aromatic heterocycles. The summed E-state index contributed by atoms with van der Waals surface area (Å²) >= 11 is 0. The van der Waals surface area contributed by atoms with Crippen molar-refractivity contribution in [3.05, 3.63) is 352 Å². The molecule has 0 fully saturated rings. The van der Waals surface area contributed by atoms with Gasteiger partial charge in [-0.2, -0.15) is 0 Å². The molecular weight excluding hydrogens is 1230 g/mol. The molecular formula is C102H108. The Morgan fingerprint density at radius 2 is 0.206 bits per heavy atom. The van der Waals surface area contributed by atoms with Crippen LogP contribution in [0.3, 0.4) is 0 Å². The molecule has 0 amide bonds. The van der Waals surface area contributed by atoms with Gasteiger partial charge >= 0.3 is 0 Å². The van der Waals surface area contributed by atoms with Gasteiger partial charge in [-0.3, -0.25) is 0 Å². The van der Waals surface area contributed by atoms with Crippen LogP contribution >= 0.6 is 0 Å². The van der Waals surface area contributed by atoms with E-state index in [2.05, 4.69) is 452 Å². The molecule has 0 aliphatic rings. The van der Waals surface area contributed by atoms with E-state index in [1.54, 1.807) is 0 Å². The smallest absolute Gasteiger partial charge is 0.0132 e. The predicted octanol–water partition coefficient (Wildman–Crippen LogP) is 29.0. The van der Waals surface area contributed by atoms with Crippen LogP contribution < -0.4 is 0 Å². The third-order valence-electron chi connectivity index (χ3n) is 18.9. The first-order valence-corrected chi connectivity index (χ1v) is 36.6. The number of hydrogen-bond donors (Lipinski definition) is 0. The summed E-state index contributed by atoms with van der Waals surface area (Å²) in [6, 6.07) is 80.7. The van der Waals surface area contributed by atoms with Crippen LogP contribution in [0.25, 0.3) is 109 Å². The van der Waals surface area contributed by atoms with E-state index in [0.717, 1.165) is 50.1 Å². The zero-order chi connectivity index (χ0) is 73.0. The highest BCUT2D eigenvalue weighted by Gasteiger charge is 2.23. The van der Waals surface area contributed by atoms with Crippen molar-refractivity contribution in [1.29, 1.82) is 0 Å². The van der Waals surface area contributed by atoms with Gasteiger partial charge in [-0.25, -0.2) is 0 Å². The molecule has 0 nitrogen and oxygen atoms in total. The zero-order valence-corrected chi connectivity index (χ0v) is 64.2. The second-order valence-corrected chi connectivity index (χ2v) is 34.0. The Labute approximate surface area is 614 Å². The standard InChI is InChI=1S/C102H108/c1-97(2,3)91-64-88(65-92(70-91)98(4,5)6)58-52-82-43-31-76(32-44-82)22-19-73-25-37-79(38-26-73)49-55-85-61-86(56-50-80-39-27-74(28-40-80)20-23-77-33-45-83(46-34-77)53-59-89-66-93(99(7,8)9)71-94(67-89)100(10,11)12)63-87(62-85)57-51-81-41-29-75(30-42-81)21-24-78-35-47-84(48-36-78)54-60-90-68-95(101(13,14)15)72-96(69-90)102(16,17)18/h19-72H,1-18H3/b22-19+,23-20+,24-21+,55-49+,56-50+,57-51+,58-52+,59-53+,60-54+. The second kappa shape index (κ2) is 31.8. The first-order chi connectivity index (χ1) is 48.2. The van der Waals surface area contributed by atoms with E-state index in [-0.39, 0.29) is 32.5 Å². The second-order valence-electron chi connectivity index (χ2n) is 34.0. The average Bonchev–Trinajstić information content (AvgIpc) is 0.818. The molecule has 0 spiro atoms. The van der Waals surface area contributed by atoms with Crippen molar-refractivity contribution in [1.82, 2.24) is 0 Å². The van der Waals surface area contributed by atoms with E-state index in [1.165, 1.54) is 83.5 Å². The Balaban J connectivity index is 0.814. The summed E-state index contributed by atoms with van der Waals surface area (Å²) in [7, 11) is 0. The summed E-state index contributed by atoms with van der Waals surface area (Å²) in [5.74, 6) is 0. The summed E-state index contributed by atoms with van der Waals surface area (Å²) in [6.45, 7) is 41.2. The van der Waals surface area contributed by atoms with E-state index in [4.69, 9.17) is 0 Å². The van der Waals surface area contributed by atoms with Crippen LogP contribution in [-0.4, -0.2) is 0 Å². The van der Waals surface area contributed by atoms with Gasteiger partial charge in [0.15, 0.2) is 0 Å². The van der Waals surface area contributed by atoms with E-state index < -0.39 is 0 Å². The van der Waals surface area contributed by atoms with Gasteiger partial charge in [-0.15, -0.1) is 0 Å². The van der Waals surface area contributed by atoms with Crippen molar-refractivity contribution < 1.29 is 0 Å². The van der Waals surface area contributed by atoms with Crippen LogP contribution in [0.1, 0.15) is 258 Å². The van der Waals surface area contributed by atoms with Crippen LogP contribution in [0.4, 0.5) is 0 Å². The first-order valence-electron chi connectivity index (χ1n) is 36.6. The quantitative estimate of drug-likeness (QED) is 0.0751. The highest BCUT2D eigenvalue weighted by Crippen LogP contribution is 2.35. The highest BCUT2D eigenvalue weighted by atomic mass is 14.3. The molecule has 0 atom stereocenters. The highest BCUT2D eigenvalue weighted by molar-refractivity contribution is 5.82. The third-order valence-corrected chi connectivity index (χ3v) is 18.9. The molecule has 516 valence electrons. The van der Waals surface area contributed by atoms with Crippen molar-refractivity contribution in [2.75, 3.05) is 0 Å². The number of rotatable bonds is 18. The maximum absolute atomic E-state index is 2.38. The van der Waals surface area contributed by atoms with E-state index in [9.17, 15) is 0 Å². The first kappa shape index (κ1) is 74.5. The molecule has 10 aromatic rings. The van der Waals surface area contributed by atoms with Crippen molar-refractivity contribution in [2.24, 2.45) is 0 Å². The molecule has 0 saturated carbocycles. The van der Waals surface area contributed by atoms with Gasteiger partial charge in [0.05, 0.1) is 0 Å². The van der Waals surface area contributed by atoms with E-state index >= 15 is 0 Å². The molecule has 0 saturated heterocycles. The van der Waals surface area contributed by atoms with Crippen LogP contribution in [-0.2, 0) is 32.5 Å². The summed E-state index contributed by atoms with van der Waals surface area (Å²) in [6.07, 6.45) is 39.9. The summed E-state index contributed by atoms with van der Waals surface area (Å²) in [5, 5.41) is 0. The van der Waals surface area contributed by atoms with Crippen LogP contribution in [0, 0.1) is 0 Å². The molecule has 10 aromatic carbocycles. The van der Waals surface area contributed by atoms with Crippen LogP contribution in [0.15, 0.2) is 218 Å². The van der Waals surface area contributed by atoms with Gasteiger partial charge in [0.2, 0.25) is 0 Å². The van der Waals surface area contributed by atoms with Crippen molar-refractivity contribution >= 4 is 109 Å². The molecule has 102 heavy (non-hydrogen) atoms. The lowest BCUT2D eigenvalue weighted by Crippen LogP contribution is -2.16. The minimum Gasteiger partial charge on any atom is -0.0561 e. The van der Waals surface area contributed by atoms with Gasteiger partial charge < -0.3 is 0 Å². The molecule has 0 N–H and O–H groups in total. The van der Waals surface area contributed by atoms with E-state index in [0.29, 0.717) is 0 Å². The van der Waals surface area contributed by atoms with Gasteiger partial charge in [-0.05, 0) is 184 Å². The fraction of sp³-hybridized carbons (Fsp3) is 0.235. The fourth-order valence-corrected chi connectivity index (χ4v) is 11.9. The molecule has 0 aliphatic carbocycles. The normalized spacial score (nSPS) is 13.2. The van der Waals surface area contributed by atoms with Crippen molar-refractivity contribution in [3.63, 3.8) is 0 Å². The molecule has 0 aliphatic heterocycles. The monoisotopic (exact) mass is 1330 g/mol. The van der Waals surface area contributed by atoms with Gasteiger partial charge in [0.25, 0.3) is 0 Å². The van der Waals surface area contributed by atoms with Gasteiger partial charge in [0.1, 0.15) is 0 Å². The molecule has 10 rings (SSSR count). The van der Waals surface area contributed by atoms with Crippen LogP contribution in [0.5, 0.6) is 0 Å². The summed E-state index contributed by atoms with van der Waals surface area (Å²) in [5.41, 5.74) is 29.7. The Kier molecular flexibility index (Phi) is 23.3. The zero-order valence-electron chi connectivity index (χ0n) is 64.2. The van der Waals surface area contributed by atoms with Gasteiger partial charge in [0, 0.05) is 0 Å². The largest absolute Gasteiger partial charge is 0.0561 e. The van der Waals surface area contributed by atoms with Crippen LogP contribution in [0.2, 0.25) is 0 Å². The topological polar surface area (TPSA) is 0 Å². The maximum atomic E-state index is 2.38. The minimum atomic E-state index is 0.0812. The Morgan fingerprint density at radius 1 is 0.118 bits per heavy atom. The lowest BCUT2D eigenvalue weighted by atomic mass is 9.79. The van der Waals surface area contributed by atoms with Crippen molar-refractivity contribution in [2.45, 2.75) is 157 Å². The fourth-order valence-electron chi connectivity index (χ4n) is 11.9. The lowest BCUT2D eigenvalue weighted by molar-refractivity contribution is 0.568. The molecule has 0 unspecified atom stereocenters. The maximum Gasteiger partial charge on any atom is -0.0132 e. The molecule has 0 heterocycles. The predicted molar refractivity (Wildman–Crippen MR) is 457 cm³/mol. The number of hydrogen-bond acceptors (Lipinski definition) is 0. The summed E-state index contributed by atoms with van der Waals surface area (Å²) < 4.78 is 0.